The van der Waals surface area contributed by atoms with Crippen molar-refractivity contribution in [1.82, 2.24) is 0 Å². The van der Waals surface area contributed by atoms with Gasteiger partial charge in [-0.05, 0) is 55.8 Å². The molecule has 3 N–H and O–H groups in total. The second-order valence-electron chi connectivity index (χ2n) is 7.03. The minimum Gasteiger partial charge on any atom is -0.484 e. The molecular weight excluding hydrogens is 446 g/mol. The number of carbonyl (C=O) groups is 2. The van der Waals surface area contributed by atoms with Crippen LogP contribution < -0.4 is 15.8 Å². The number of allylic oxidation sites excluding steroid dienone is 2. The number of nitrogens with zero attached hydrogens (tertiary/aromatic N) is 1. The zero-order valence-electron chi connectivity index (χ0n) is 18.1. The van der Waals surface area contributed by atoms with Crippen LogP contribution in [0.25, 0.3) is 0 Å². The van der Waals surface area contributed by atoms with E-state index >= 15 is 0 Å². The molecule has 0 saturated carbocycles. The Bertz CT molecular complexity index is 1170. The number of hydrogen-bond acceptors (Lipinski definition) is 7. The molecule has 1 aliphatic heterocycles. The average Bonchev–Trinajstić information content (AvgIpc) is 2.79. The first kappa shape index (κ1) is 23.7. The maximum absolute atomic E-state index is 12.6. The van der Waals surface area contributed by atoms with E-state index in [1.165, 1.54) is 0 Å². The number of halogens is 1. The smallest absolute Gasteiger partial charge is 0.338 e. The highest BCUT2D eigenvalue weighted by molar-refractivity contribution is 6.30. The van der Waals surface area contributed by atoms with Gasteiger partial charge in [-0.2, -0.15) is 5.26 Å². The molecule has 33 heavy (non-hydrogen) atoms. The van der Waals surface area contributed by atoms with Gasteiger partial charge in [0.1, 0.15) is 23.2 Å². The van der Waals surface area contributed by atoms with Gasteiger partial charge < -0.3 is 25.3 Å². The van der Waals surface area contributed by atoms with E-state index in [0.29, 0.717) is 22.0 Å². The van der Waals surface area contributed by atoms with E-state index < -0.39 is 11.9 Å². The Morgan fingerprint density at radius 2 is 1.97 bits per heavy atom. The molecule has 0 aromatic heterocycles. The number of rotatable bonds is 7. The molecule has 1 atom stereocenters. The van der Waals surface area contributed by atoms with Crippen molar-refractivity contribution >= 4 is 29.2 Å². The van der Waals surface area contributed by atoms with Crippen LogP contribution in [0.5, 0.6) is 5.75 Å². The van der Waals surface area contributed by atoms with Crippen LogP contribution >= 0.6 is 11.6 Å². The molecule has 0 saturated heterocycles. The summed E-state index contributed by atoms with van der Waals surface area (Å²) in [6.07, 6.45) is 0. The largest absolute Gasteiger partial charge is 0.484 e. The molecule has 1 unspecified atom stereocenters. The van der Waals surface area contributed by atoms with Crippen molar-refractivity contribution in [3.63, 3.8) is 0 Å². The van der Waals surface area contributed by atoms with Crippen LogP contribution in [-0.2, 0) is 19.1 Å². The number of nitriles is 1. The van der Waals surface area contributed by atoms with Gasteiger partial charge >= 0.3 is 5.97 Å². The summed E-state index contributed by atoms with van der Waals surface area (Å²) in [7, 11) is 0. The summed E-state index contributed by atoms with van der Waals surface area (Å²) in [5.74, 6) is -1.21. The highest BCUT2D eigenvalue weighted by Crippen LogP contribution is 2.40. The minimum absolute atomic E-state index is 0.0817. The third-order valence-electron chi connectivity index (χ3n) is 4.79. The number of nitrogens with two attached hydrogens (primary N) is 1. The second kappa shape index (κ2) is 10.6. The van der Waals surface area contributed by atoms with Crippen LogP contribution in [-0.4, -0.2) is 25.1 Å². The Kier molecular flexibility index (Phi) is 7.59. The summed E-state index contributed by atoms with van der Waals surface area (Å²) in [5.41, 5.74) is 7.34. The molecule has 0 fully saturated rings. The van der Waals surface area contributed by atoms with Crippen molar-refractivity contribution in [2.75, 3.05) is 18.5 Å². The zero-order valence-corrected chi connectivity index (χ0v) is 18.8. The number of amides is 1. The molecule has 1 heterocycles. The van der Waals surface area contributed by atoms with Crippen LogP contribution in [0.2, 0.25) is 5.02 Å². The highest BCUT2D eigenvalue weighted by atomic mass is 35.5. The fourth-order valence-corrected chi connectivity index (χ4v) is 3.48. The third-order valence-corrected chi connectivity index (χ3v) is 5.04. The van der Waals surface area contributed by atoms with Crippen molar-refractivity contribution in [1.29, 1.82) is 5.26 Å². The van der Waals surface area contributed by atoms with E-state index in [2.05, 4.69) is 5.32 Å². The molecule has 2 aromatic rings. The molecule has 1 aliphatic rings. The third kappa shape index (κ3) is 5.64. The molecule has 9 heteroatoms. The van der Waals surface area contributed by atoms with Gasteiger partial charge in [0.2, 0.25) is 5.88 Å². The lowest BCUT2D eigenvalue weighted by atomic mass is 9.83. The quantitative estimate of drug-likeness (QED) is 0.589. The van der Waals surface area contributed by atoms with Crippen molar-refractivity contribution < 1.29 is 23.8 Å². The molecule has 1 amide bonds. The summed E-state index contributed by atoms with van der Waals surface area (Å²) >= 11 is 5.85. The predicted octanol–water partition coefficient (Wildman–Crippen LogP) is 4.00. The van der Waals surface area contributed by atoms with E-state index in [1.807, 2.05) is 6.07 Å². The van der Waals surface area contributed by atoms with Gasteiger partial charge in [-0.3, -0.25) is 4.79 Å². The lowest BCUT2D eigenvalue weighted by Crippen LogP contribution is -2.25. The predicted molar refractivity (Wildman–Crippen MR) is 122 cm³/mol. The van der Waals surface area contributed by atoms with Gasteiger partial charge in [-0.15, -0.1) is 0 Å². The number of ether oxygens (including phenoxy) is 3. The normalized spacial score (nSPS) is 15.4. The van der Waals surface area contributed by atoms with Gasteiger partial charge in [-0.25, -0.2) is 4.79 Å². The van der Waals surface area contributed by atoms with Crippen LogP contribution in [0.1, 0.15) is 25.3 Å². The van der Waals surface area contributed by atoms with Gasteiger partial charge in [0.05, 0.1) is 18.1 Å². The summed E-state index contributed by atoms with van der Waals surface area (Å²) in [6.45, 7) is 3.19. The molecule has 0 spiro atoms. The average molecular weight is 468 g/mol. The summed E-state index contributed by atoms with van der Waals surface area (Å²) in [4.78, 5) is 24.9. The summed E-state index contributed by atoms with van der Waals surface area (Å²) in [6, 6.07) is 15.4. The zero-order chi connectivity index (χ0) is 24.0. The van der Waals surface area contributed by atoms with Crippen LogP contribution in [0.15, 0.2) is 71.3 Å². The number of benzene rings is 2. The molecule has 0 aliphatic carbocycles. The first-order valence-corrected chi connectivity index (χ1v) is 10.5. The van der Waals surface area contributed by atoms with E-state index in [4.69, 9.17) is 31.5 Å². The van der Waals surface area contributed by atoms with E-state index in [9.17, 15) is 14.9 Å². The Balaban J connectivity index is 1.81. The number of carbonyl (C=O) groups excluding carboxylic acids is 2. The Morgan fingerprint density at radius 1 is 1.24 bits per heavy atom. The fourth-order valence-electron chi connectivity index (χ4n) is 3.35. The molecule has 3 rings (SSSR count). The molecule has 2 aromatic carbocycles. The first-order chi connectivity index (χ1) is 15.8. The van der Waals surface area contributed by atoms with Gasteiger partial charge in [-0.1, -0.05) is 23.7 Å². The number of nitrogens with one attached hydrogen (secondary N) is 1. The Morgan fingerprint density at radius 3 is 2.64 bits per heavy atom. The van der Waals surface area contributed by atoms with Crippen molar-refractivity contribution in [3.05, 3.63) is 81.9 Å². The van der Waals surface area contributed by atoms with E-state index in [1.54, 1.807) is 62.4 Å². The SMILES string of the molecule is CCOC(=O)C1=C(C)OC(N)=C(C#N)C1c1cccc(OCC(=O)Nc2ccc(Cl)cc2)c1. The van der Waals surface area contributed by atoms with Crippen molar-refractivity contribution in [2.24, 2.45) is 5.73 Å². The lowest BCUT2D eigenvalue weighted by Gasteiger charge is -2.27. The Labute approximate surface area is 196 Å². The Hall–Kier alpha value is -3.96. The maximum Gasteiger partial charge on any atom is 0.338 e. The molecule has 0 bridgehead atoms. The maximum atomic E-state index is 12.6. The van der Waals surface area contributed by atoms with Crippen molar-refractivity contribution in [3.8, 4) is 11.8 Å². The van der Waals surface area contributed by atoms with Crippen LogP contribution in [0.3, 0.4) is 0 Å². The fraction of sp³-hybridized carbons (Fsp3) is 0.208. The molecule has 170 valence electrons. The number of hydrogen-bond donors (Lipinski definition) is 2. The molecular formula is C24H22ClN3O5. The second-order valence-corrected chi connectivity index (χ2v) is 7.47. The molecule has 0 radical (unpaired) electrons. The standard InChI is InChI=1S/C24H22ClN3O5/c1-3-31-24(30)21-14(2)33-23(27)19(12-26)22(21)15-5-4-6-18(11-15)32-13-20(29)28-17-9-7-16(25)8-10-17/h4-11,22H,3,13,27H2,1-2H3,(H,28,29). The minimum atomic E-state index is -0.797. The van der Waals surface area contributed by atoms with Crippen LogP contribution in [0, 0.1) is 11.3 Å². The van der Waals surface area contributed by atoms with Gasteiger partial charge in [0, 0.05) is 10.7 Å². The van der Waals surface area contributed by atoms with E-state index in [-0.39, 0.29) is 41.9 Å². The molecule has 8 nitrogen and oxygen atoms in total. The number of esters is 1. The number of anilines is 1. The summed E-state index contributed by atoms with van der Waals surface area (Å²) < 4.78 is 16.2. The lowest BCUT2D eigenvalue weighted by molar-refractivity contribution is -0.139. The van der Waals surface area contributed by atoms with Crippen molar-refractivity contribution in [2.45, 2.75) is 19.8 Å². The van der Waals surface area contributed by atoms with Gasteiger partial charge in [0.25, 0.3) is 5.91 Å². The monoisotopic (exact) mass is 467 g/mol. The van der Waals surface area contributed by atoms with Crippen LogP contribution in [0.4, 0.5) is 5.69 Å². The highest BCUT2D eigenvalue weighted by Gasteiger charge is 2.36. The topological polar surface area (TPSA) is 124 Å². The summed E-state index contributed by atoms with van der Waals surface area (Å²) in [5, 5.41) is 12.9. The van der Waals surface area contributed by atoms with E-state index in [0.717, 1.165) is 0 Å². The first-order valence-electron chi connectivity index (χ1n) is 10.1. The van der Waals surface area contributed by atoms with Gasteiger partial charge in [0.15, 0.2) is 6.61 Å².